The van der Waals surface area contributed by atoms with E-state index in [9.17, 15) is 4.79 Å². The largest absolute Gasteiger partial charge is 0.472 e. The molecule has 0 atom stereocenters. The molecular formula is C17H17N3O4. The third-order valence-corrected chi connectivity index (χ3v) is 4.06. The Morgan fingerprint density at radius 1 is 1.25 bits per heavy atom. The quantitative estimate of drug-likeness (QED) is 0.793. The van der Waals surface area contributed by atoms with E-state index in [1.165, 1.54) is 12.5 Å². The molecule has 2 aromatic heterocycles. The predicted molar refractivity (Wildman–Crippen MR) is 86.8 cm³/mol. The molecule has 0 aliphatic carbocycles. The van der Waals surface area contributed by atoms with E-state index in [-0.39, 0.29) is 5.91 Å². The highest BCUT2D eigenvalue weighted by Gasteiger charge is 2.16. The number of hydrogen-bond acceptors (Lipinski definition) is 6. The fraction of sp³-hybridized carbons (Fsp3) is 0.294. The Morgan fingerprint density at radius 2 is 2.12 bits per heavy atom. The van der Waals surface area contributed by atoms with E-state index in [2.05, 4.69) is 15.4 Å². The van der Waals surface area contributed by atoms with Gasteiger partial charge in [-0.25, -0.2) is 0 Å². The molecule has 0 saturated carbocycles. The molecule has 7 heteroatoms. The van der Waals surface area contributed by atoms with Gasteiger partial charge in [0.15, 0.2) is 5.58 Å². The van der Waals surface area contributed by atoms with Gasteiger partial charge in [0.25, 0.3) is 5.91 Å². The Bertz CT molecular complexity index is 835. The number of rotatable bonds is 4. The maximum atomic E-state index is 12.1. The minimum Gasteiger partial charge on any atom is -0.472 e. The van der Waals surface area contributed by atoms with Crippen LogP contribution in [0.5, 0.6) is 0 Å². The summed E-state index contributed by atoms with van der Waals surface area (Å²) in [7, 11) is 0. The number of carbonyl (C=O) groups is 1. The van der Waals surface area contributed by atoms with Crippen molar-refractivity contribution in [2.24, 2.45) is 0 Å². The number of benzene rings is 1. The fourth-order valence-electron chi connectivity index (χ4n) is 2.75. The zero-order valence-electron chi connectivity index (χ0n) is 13.0. The molecule has 124 valence electrons. The summed E-state index contributed by atoms with van der Waals surface area (Å²) in [6.45, 7) is 3.94. The number of aromatic nitrogens is 1. The molecule has 0 spiro atoms. The highest BCUT2D eigenvalue weighted by Crippen LogP contribution is 2.24. The Morgan fingerprint density at radius 3 is 2.92 bits per heavy atom. The first-order valence-corrected chi connectivity index (χ1v) is 7.81. The maximum absolute atomic E-state index is 12.1. The smallest absolute Gasteiger partial charge is 0.258 e. The van der Waals surface area contributed by atoms with Crippen molar-refractivity contribution in [2.75, 3.05) is 31.6 Å². The molecule has 4 rings (SSSR count). The summed E-state index contributed by atoms with van der Waals surface area (Å²) in [6.07, 6.45) is 2.88. The van der Waals surface area contributed by atoms with Crippen molar-refractivity contribution in [2.45, 2.75) is 6.54 Å². The molecule has 1 saturated heterocycles. The lowest BCUT2D eigenvalue weighted by Gasteiger charge is -2.25. The van der Waals surface area contributed by atoms with Crippen LogP contribution in [0.2, 0.25) is 0 Å². The third-order valence-electron chi connectivity index (χ3n) is 4.06. The molecule has 1 amide bonds. The van der Waals surface area contributed by atoms with Crippen LogP contribution >= 0.6 is 0 Å². The summed E-state index contributed by atoms with van der Waals surface area (Å²) < 4.78 is 15.7. The number of carbonyl (C=O) groups excluding carboxylic acids is 1. The van der Waals surface area contributed by atoms with Crippen LogP contribution in [0.4, 0.5) is 5.69 Å². The molecule has 1 aliphatic rings. The van der Waals surface area contributed by atoms with Crippen molar-refractivity contribution in [1.29, 1.82) is 0 Å². The molecule has 1 aromatic carbocycles. The van der Waals surface area contributed by atoms with Gasteiger partial charge in [-0.15, -0.1) is 0 Å². The van der Waals surface area contributed by atoms with Crippen LogP contribution in [0.25, 0.3) is 11.0 Å². The van der Waals surface area contributed by atoms with Gasteiger partial charge < -0.3 is 19.0 Å². The van der Waals surface area contributed by atoms with Gasteiger partial charge in [-0.3, -0.25) is 9.69 Å². The molecule has 1 N–H and O–H groups in total. The molecular weight excluding hydrogens is 310 g/mol. The average molecular weight is 327 g/mol. The van der Waals surface area contributed by atoms with Gasteiger partial charge in [0.2, 0.25) is 0 Å². The van der Waals surface area contributed by atoms with Gasteiger partial charge in [-0.2, -0.15) is 0 Å². The lowest BCUT2D eigenvalue weighted by molar-refractivity contribution is 0.0334. The Balaban J connectivity index is 1.55. The van der Waals surface area contributed by atoms with Crippen LogP contribution in [-0.2, 0) is 11.3 Å². The van der Waals surface area contributed by atoms with Crippen LogP contribution in [0.15, 0.2) is 45.7 Å². The second-order valence-electron chi connectivity index (χ2n) is 5.69. The van der Waals surface area contributed by atoms with E-state index in [0.717, 1.165) is 37.4 Å². The van der Waals surface area contributed by atoms with Crippen molar-refractivity contribution in [3.05, 3.63) is 48.0 Å². The van der Waals surface area contributed by atoms with Crippen molar-refractivity contribution in [1.82, 2.24) is 10.1 Å². The van der Waals surface area contributed by atoms with Crippen molar-refractivity contribution in [3.8, 4) is 0 Å². The predicted octanol–water partition coefficient (Wildman–Crippen LogP) is 2.51. The minimum absolute atomic E-state index is 0.214. The lowest BCUT2D eigenvalue weighted by atomic mass is 10.1. The summed E-state index contributed by atoms with van der Waals surface area (Å²) in [5.74, 6) is -0.214. The number of amides is 1. The van der Waals surface area contributed by atoms with E-state index >= 15 is 0 Å². The maximum Gasteiger partial charge on any atom is 0.258 e. The van der Waals surface area contributed by atoms with Crippen molar-refractivity contribution in [3.63, 3.8) is 0 Å². The first kappa shape index (κ1) is 14.9. The highest BCUT2D eigenvalue weighted by molar-refractivity contribution is 6.04. The Labute approximate surface area is 138 Å². The van der Waals surface area contributed by atoms with Gasteiger partial charge in [0.1, 0.15) is 12.0 Å². The van der Waals surface area contributed by atoms with Gasteiger partial charge >= 0.3 is 0 Å². The molecule has 1 aliphatic heterocycles. The average Bonchev–Trinajstić information content (AvgIpc) is 3.26. The SMILES string of the molecule is O=C(Nc1ccc2onc(CN3CCOCC3)c2c1)c1ccoc1. The normalized spacial score (nSPS) is 15.7. The van der Waals surface area contributed by atoms with Crippen molar-refractivity contribution < 1.29 is 18.5 Å². The summed E-state index contributed by atoms with van der Waals surface area (Å²) >= 11 is 0. The molecule has 3 heterocycles. The van der Waals surface area contributed by atoms with E-state index in [0.29, 0.717) is 23.4 Å². The topological polar surface area (TPSA) is 80.7 Å². The number of furan rings is 1. The van der Waals surface area contributed by atoms with E-state index < -0.39 is 0 Å². The van der Waals surface area contributed by atoms with Crippen LogP contribution in [0.1, 0.15) is 16.1 Å². The first-order valence-electron chi connectivity index (χ1n) is 7.81. The summed E-state index contributed by atoms with van der Waals surface area (Å²) in [5.41, 5.74) is 2.75. The number of hydrogen-bond donors (Lipinski definition) is 1. The standard InChI is InChI=1S/C17H17N3O4/c21-17(12-3-6-23-11-12)18-13-1-2-16-14(9-13)15(19-24-16)10-20-4-7-22-8-5-20/h1-3,6,9,11H,4-5,7-8,10H2,(H,18,21). The Hall–Kier alpha value is -2.64. The van der Waals surface area contributed by atoms with E-state index in [1.807, 2.05) is 12.1 Å². The molecule has 0 radical (unpaired) electrons. The van der Waals surface area contributed by atoms with Crippen LogP contribution in [-0.4, -0.2) is 42.3 Å². The minimum atomic E-state index is -0.214. The molecule has 7 nitrogen and oxygen atoms in total. The zero-order chi connectivity index (χ0) is 16.4. The summed E-state index contributed by atoms with van der Waals surface area (Å²) in [4.78, 5) is 14.4. The van der Waals surface area contributed by atoms with Gasteiger partial charge in [0.05, 0.1) is 25.0 Å². The number of morpholine rings is 1. The molecule has 3 aromatic rings. The van der Waals surface area contributed by atoms with Crippen LogP contribution < -0.4 is 5.32 Å². The lowest BCUT2D eigenvalue weighted by Crippen LogP contribution is -2.35. The number of anilines is 1. The van der Waals surface area contributed by atoms with E-state index in [4.69, 9.17) is 13.7 Å². The zero-order valence-corrected chi connectivity index (χ0v) is 13.0. The van der Waals surface area contributed by atoms with Gasteiger partial charge in [0, 0.05) is 30.7 Å². The second-order valence-corrected chi connectivity index (χ2v) is 5.69. The number of ether oxygens (including phenoxy) is 1. The van der Waals surface area contributed by atoms with Crippen LogP contribution in [0.3, 0.4) is 0 Å². The third kappa shape index (κ3) is 3.04. The number of nitrogens with one attached hydrogen (secondary N) is 1. The number of fused-ring (bicyclic) bond motifs is 1. The molecule has 24 heavy (non-hydrogen) atoms. The number of nitrogens with zero attached hydrogens (tertiary/aromatic N) is 2. The molecule has 1 fully saturated rings. The molecule has 0 bridgehead atoms. The highest BCUT2D eigenvalue weighted by atomic mass is 16.5. The van der Waals surface area contributed by atoms with Crippen LogP contribution in [0, 0.1) is 0 Å². The van der Waals surface area contributed by atoms with Gasteiger partial charge in [-0.1, -0.05) is 5.16 Å². The van der Waals surface area contributed by atoms with Gasteiger partial charge in [-0.05, 0) is 24.3 Å². The summed E-state index contributed by atoms with van der Waals surface area (Å²) in [6, 6.07) is 7.12. The second kappa shape index (κ2) is 6.46. The van der Waals surface area contributed by atoms with Crippen molar-refractivity contribution >= 4 is 22.6 Å². The molecule has 0 unspecified atom stereocenters. The summed E-state index contributed by atoms with van der Waals surface area (Å²) in [5, 5.41) is 7.94. The first-order chi connectivity index (χ1) is 11.8. The fourth-order valence-corrected chi connectivity index (χ4v) is 2.75. The monoisotopic (exact) mass is 327 g/mol. The van der Waals surface area contributed by atoms with E-state index in [1.54, 1.807) is 12.1 Å². The Kier molecular flexibility index (Phi) is 4.02.